The zero-order chi connectivity index (χ0) is 11.4. The van der Waals surface area contributed by atoms with Gasteiger partial charge in [0.2, 0.25) is 0 Å². The number of nitrogens with one attached hydrogen (secondary N) is 1. The van der Waals surface area contributed by atoms with Crippen molar-refractivity contribution < 1.29 is 0 Å². The lowest BCUT2D eigenvalue weighted by atomic mass is 10.0. The van der Waals surface area contributed by atoms with Crippen molar-refractivity contribution in [3.05, 3.63) is 35.4 Å². The zero-order valence-electron chi connectivity index (χ0n) is 10.2. The number of benzene rings is 1. The van der Waals surface area contributed by atoms with Crippen molar-refractivity contribution in [1.29, 1.82) is 0 Å². The van der Waals surface area contributed by atoms with Gasteiger partial charge in [0.1, 0.15) is 0 Å². The summed E-state index contributed by atoms with van der Waals surface area (Å²) in [5.74, 6) is 1.80. The van der Waals surface area contributed by atoms with Crippen molar-refractivity contribution in [2.75, 3.05) is 13.1 Å². The summed E-state index contributed by atoms with van der Waals surface area (Å²) in [6.07, 6.45) is 1.33. The lowest BCUT2D eigenvalue weighted by Crippen LogP contribution is -2.10. The van der Waals surface area contributed by atoms with Gasteiger partial charge in [-0.2, -0.15) is 11.8 Å². The van der Waals surface area contributed by atoms with Crippen LogP contribution in [-0.4, -0.2) is 18.3 Å². The Hall–Kier alpha value is -0.470. The molecule has 0 radical (unpaired) electrons. The van der Waals surface area contributed by atoms with Crippen molar-refractivity contribution in [3.63, 3.8) is 0 Å². The highest BCUT2D eigenvalue weighted by Gasteiger charge is 2.14. The molecule has 16 heavy (non-hydrogen) atoms. The fourth-order valence-corrected chi connectivity index (χ4v) is 3.12. The maximum absolute atomic E-state index is 3.41. The third-order valence-electron chi connectivity index (χ3n) is 3.15. The third kappa shape index (κ3) is 3.26. The molecular formula is C14H21NS. The first-order chi connectivity index (χ1) is 7.75. The second kappa shape index (κ2) is 5.74. The second-order valence-corrected chi connectivity index (χ2v) is 6.11. The van der Waals surface area contributed by atoms with E-state index in [4.69, 9.17) is 0 Å². The number of hydrogen-bond acceptors (Lipinski definition) is 2. The summed E-state index contributed by atoms with van der Waals surface area (Å²) >= 11 is 2.09. The number of rotatable bonds is 4. The van der Waals surface area contributed by atoms with Crippen molar-refractivity contribution in [2.24, 2.45) is 0 Å². The van der Waals surface area contributed by atoms with Crippen LogP contribution in [0.25, 0.3) is 0 Å². The molecule has 1 aliphatic rings. The van der Waals surface area contributed by atoms with Gasteiger partial charge in [0.05, 0.1) is 0 Å². The average molecular weight is 235 g/mol. The Morgan fingerprint density at radius 1 is 1.31 bits per heavy atom. The van der Waals surface area contributed by atoms with E-state index in [0.29, 0.717) is 5.92 Å². The number of thioether (sulfide) groups is 1. The third-order valence-corrected chi connectivity index (χ3v) is 4.52. The van der Waals surface area contributed by atoms with Gasteiger partial charge >= 0.3 is 0 Å². The van der Waals surface area contributed by atoms with Crippen molar-refractivity contribution in [3.8, 4) is 0 Å². The van der Waals surface area contributed by atoms with E-state index in [9.17, 15) is 0 Å². The van der Waals surface area contributed by atoms with Crippen LogP contribution < -0.4 is 5.32 Å². The topological polar surface area (TPSA) is 12.0 Å². The molecule has 1 nitrogen and oxygen atoms in total. The molecule has 1 aromatic carbocycles. The van der Waals surface area contributed by atoms with E-state index in [1.165, 1.54) is 30.6 Å². The summed E-state index contributed by atoms with van der Waals surface area (Å²) in [5.41, 5.74) is 2.90. The lowest BCUT2D eigenvalue weighted by molar-refractivity contribution is 0.858. The van der Waals surface area contributed by atoms with Gasteiger partial charge in [0.25, 0.3) is 0 Å². The summed E-state index contributed by atoms with van der Waals surface area (Å²) in [6, 6.07) is 9.11. The fraction of sp³-hybridized carbons (Fsp3) is 0.571. The van der Waals surface area contributed by atoms with Crippen molar-refractivity contribution >= 4 is 11.8 Å². The quantitative estimate of drug-likeness (QED) is 0.858. The zero-order valence-corrected chi connectivity index (χ0v) is 11.0. The van der Waals surface area contributed by atoms with Crippen LogP contribution >= 0.6 is 11.8 Å². The van der Waals surface area contributed by atoms with E-state index >= 15 is 0 Å². The fourth-order valence-electron chi connectivity index (χ4n) is 1.98. The Morgan fingerprint density at radius 2 is 2.06 bits per heavy atom. The molecule has 0 saturated carbocycles. The van der Waals surface area contributed by atoms with Crippen LogP contribution in [0.4, 0.5) is 0 Å². The van der Waals surface area contributed by atoms with E-state index in [0.717, 1.165) is 11.0 Å². The van der Waals surface area contributed by atoms with E-state index < -0.39 is 0 Å². The average Bonchev–Trinajstić information content (AvgIpc) is 2.80. The molecule has 1 unspecified atom stereocenters. The van der Waals surface area contributed by atoms with Gasteiger partial charge in [-0.1, -0.05) is 38.1 Å². The standard InChI is InChI=1S/C14H21NS/c1-11(2)13-5-3-12(4-6-13)10-16-14-7-8-15-9-14/h3-6,11,14-15H,7-10H2,1-2H3. The Labute approximate surface area is 103 Å². The molecule has 1 saturated heterocycles. The van der Waals surface area contributed by atoms with Crippen molar-refractivity contribution in [1.82, 2.24) is 5.32 Å². The number of hydrogen-bond donors (Lipinski definition) is 1. The smallest absolute Gasteiger partial charge is 0.0187 e. The van der Waals surface area contributed by atoms with Crippen LogP contribution in [0.5, 0.6) is 0 Å². The molecule has 1 atom stereocenters. The normalized spacial score (nSPS) is 20.6. The van der Waals surface area contributed by atoms with E-state index in [1.54, 1.807) is 0 Å². The van der Waals surface area contributed by atoms with E-state index in [-0.39, 0.29) is 0 Å². The Kier molecular flexibility index (Phi) is 4.30. The van der Waals surface area contributed by atoms with Gasteiger partial charge in [0, 0.05) is 17.5 Å². The largest absolute Gasteiger partial charge is 0.316 e. The highest BCUT2D eigenvalue weighted by atomic mass is 32.2. The molecule has 1 N–H and O–H groups in total. The first-order valence-electron chi connectivity index (χ1n) is 6.17. The van der Waals surface area contributed by atoms with E-state index in [1.807, 2.05) is 0 Å². The minimum absolute atomic E-state index is 0.640. The minimum atomic E-state index is 0.640. The highest BCUT2D eigenvalue weighted by Crippen LogP contribution is 2.23. The predicted molar refractivity (Wildman–Crippen MR) is 73.1 cm³/mol. The highest BCUT2D eigenvalue weighted by molar-refractivity contribution is 7.99. The first-order valence-corrected chi connectivity index (χ1v) is 7.22. The molecule has 0 aromatic heterocycles. The molecule has 1 aromatic rings. The summed E-state index contributed by atoms with van der Waals surface area (Å²) in [4.78, 5) is 0. The van der Waals surface area contributed by atoms with E-state index in [2.05, 4.69) is 55.2 Å². The first kappa shape index (κ1) is 12.0. The molecule has 1 fully saturated rings. The van der Waals surface area contributed by atoms with Crippen molar-refractivity contribution in [2.45, 2.75) is 37.2 Å². The Bertz CT molecular complexity index is 312. The van der Waals surface area contributed by atoms with Gasteiger partial charge in [0.15, 0.2) is 0 Å². The minimum Gasteiger partial charge on any atom is -0.316 e. The Balaban J connectivity index is 1.84. The Morgan fingerprint density at radius 3 is 2.62 bits per heavy atom. The molecule has 0 aliphatic carbocycles. The summed E-state index contributed by atoms with van der Waals surface area (Å²) in [5, 5.41) is 4.24. The van der Waals surface area contributed by atoms with Gasteiger partial charge in [-0.15, -0.1) is 0 Å². The molecular weight excluding hydrogens is 214 g/mol. The van der Waals surface area contributed by atoms with Gasteiger partial charge < -0.3 is 5.32 Å². The lowest BCUT2D eigenvalue weighted by Gasteiger charge is -2.09. The molecule has 2 rings (SSSR count). The SMILES string of the molecule is CC(C)c1ccc(CSC2CCNC2)cc1. The van der Waals surface area contributed by atoms with Crippen LogP contribution in [0.15, 0.2) is 24.3 Å². The molecule has 1 aliphatic heterocycles. The van der Waals surface area contributed by atoms with Crippen LogP contribution in [-0.2, 0) is 5.75 Å². The molecule has 0 bridgehead atoms. The molecule has 1 heterocycles. The van der Waals surface area contributed by atoms with Gasteiger partial charge in [-0.05, 0) is 30.0 Å². The monoisotopic (exact) mass is 235 g/mol. The van der Waals surface area contributed by atoms with Gasteiger partial charge in [-0.25, -0.2) is 0 Å². The second-order valence-electron chi connectivity index (χ2n) is 4.82. The van der Waals surface area contributed by atoms with Gasteiger partial charge in [-0.3, -0.25) is 0 Å². The van der Waals surface area contributed by atoms with Crippen LogP contribution in [0, 0.1) is 0 Å². The summed E-state index contributed by atoms with van der Waals surface area (Å²) in [6.45, 7) is 6.88. The summed E-state index contributed by atoms with van der Waals surface area (Å²) in [7, 11) is 0. The summed E-state index contributed by atoms with van der Waals surface area (Å²) < 4.78 is 0. The molecule has 88 valence electrons. The molecule has 2 heteroatoms. The predicted octanol–water partition coefficient (Wildman–Crippen LogP) is 3.41. The molecule has 0 spiro atoms. The maximum atomic E-state index is 3.41. The molecule has 0 amide bonds. The van der Waals surface area contributed by atoms with Crippen LogP contribution in [0.1, 0.15) is 37.3 Å². The van der Waals surface area contributed by atoms with Crippen LogP contribution in [0.2, 0.25) is 0 Å². The van der Waals surface area contributed by atoms with Crippen LogP contribution in [0.3, 0.4) is 0 Å². The maximum Gasteiger partial charge on any atom is 0.0187 e.